The molecule has 1 aromatic carbocycles. The standard InChI is InChI=1S/C12H14FN3O2S/c1-3-9-7-12(15-14-9)16-19(17,18)11-6-8(2)4-5-10(11)13/h4-7H,3H2,1-2H3,(H2,14,15,16). The van der Waals surface area contributed by atoms with Gasteiger partial charge in [0.2, 0.25) is 0 Å². The lowest BCUT2D eigenvalue weighted by molar-refractivity contribution is 0.569. The van der Waals surface area contributed by atoms with Crippen LogP contribution in [0.3, 0.4) is 0 Å². The number of anilines is 1. The second kappa shape index (κ2) is 5.00. The van der Waals surface area contributed by atoms with Crippen molar-refractivity contribution in [2.75, 3.05) is 4.72 Å². The third-order valence-electron chi connectivity index (χ3n) is 2.63. The highest BCUT2D eigenvalue weighted by Crippen LogP contribution is 2.19. The molecule has 5 nitrogen and oxygen atoms in total. The van der Waals surface area contributed by atoms with Crippen molar-refractivity contribution in [2.45, 2.75) is 25.2 Å². The number of halogens is 1. The summed E-state index contributed by atoms with van der Waals surface area (Å²) in [6, 6.07) is 5.50. The van der Waals surface area contributed by atoms with Crippen molar-refractivity contribution in [1.82, 2.24) is 10.2 Å². The third kappa shape index (κ3) is 2.93. The second-order valence-corrected chi connectivity index (χ2v) is 5.82. The molecule has 2 rings (SSSR count). The average molecular weight is 283 g/mol. The van der Waals surface area contributed by atoms with Gasteiger partial charge in [-0.1, -0.05) is 13.0 Å². The van der Waals surface area contributed by atoms with Gasteiger partial charge in [0.25, 0.3) is 10.0 Å². The van der Waals surface area contributed by atoms with Crippen LogP contribution in [0.1, 0.15) is 18.2 Å². The van der Waals surface area contributed by atoms with Crippen molar-refractivity contribution in [1.29, 1.82) is 0 Å². The summed E-state index contributed by atoms with van der Waals surface area (Å²) < 4.78 is 40.0. The minimum atomic E-state index is -3.97. The van der Waals surface area contributed by atoms with Crippen LogP contribution in [0.25, 0.3) is 0 Å². The summed E-state index contributed by atoms with van der Waals surface area (Å²) in [6.07, 6.45) is 0.702. The van der Waals surface area contributed by atoms with E-state index in [0.717, 1.165) is 11.8 Å². The van der Waals surface area contributed by atoms with Crippen LogP contribution in [0.15, 0.2) is 29.2 Å². The lowest BCUT2D eigenvalue weighted by atomic mass is 10.2. The Morgan fingerprint density at radius 1 is 1.37 bits per heavy atom. The highest BCUT2D eigenvalue weighted by molar-refractivity contribution is 7.92. The number of hydrogen-bond donors (Lipinski definition) is 2. The minimum Gasteiger partial charge on any atom is -0.280 e. The second-order valence-electron chi connectivity index (χ2n) is 4.17. The van der Waals surface area contributed by atoms with Gasteiger partial charge < -0.3 is 0 Å². The number of aromatic nitrogens is 2. The maximum absolute atomic E-state index is 13.6. The molecule has 0 amide bonds. The quantitative estimate of drug-likeness (QED) is 0.903. The molecule has 0 radical (unpaired) electrons. The van der Waals surface area contributed by atoms with E-state index in [4.69, 9.17) is 0 Å². The fraction of sp³-hybridized carbons (Fsp3) is 0.250. The zero-order chi connectivity index (χ0) is 14.0. The Morgan fingerprint density at radius 3 is 2.74 bits per heavy atom. The van der Waals surface area contributed by atoms with E-state index in [1.165, 1.54) is 12.1 Å². The molecule has 0 spiro atoms. The molecular formula is C12H14FN3O2S. The third-order valence-corrected chi connectivity index (χ3v) is 4.00. The van der Waals surface area contributed by atoms with Crippen molar-refractivity contribution in [3.8, 4) is 0 Å². The first-order chi connectivity index (χ1) is 8.92. The summed E-state index contributed by atoms with van der Waals surface area (Å²) in [7, 11) is -3.97. The van der Waals surface area contributed by atoms with Crippen LogP contribution in [0.2, 0.25) is 0 Å². The number of rotatable bonds is 4. The van der Waals surface area contributed by atoms with Crippen molar-refractivity contribution in [3.05, 3.63) is 41.3 Å². The first kappa shape index (κ1) is 13.5. The van der Waals surface area contributed by atoms with Gasteiger partial charge in [0.1, 0.15) is 10.7 Å². The van der Waals surface area contributed by atoms with Crippen LogP contribution in [-0.2, 0) is 16.4 Å². The Bertz CT molecular complexity index is 695. The Morgan fingerprint density at radius 2 is 2.11 bits per heavy atom. The highest BCUT2D eigenvalue weighted by Gasteiger charge is 2.20. The fourth-order valence-corrected chi connectivity index (χ4v) is 2.76. The monoisotopic (exact) mass is 283 g/mol. The lowest BCUT2D eigenvalue weighted by Crippen LogP contribution is -2.15. The van der Waals surface area contributed by atoms with Crippen LogP contribution in [0.5, 0.6) is 0 Å². The molecule has 0 aliphatic heterocycles. The van der Waals surface area contributed by atoms with Crippen LogP contribution >= 0.6 is 0 Å². The molecule has 1 heterocycles. The predicted molar refractivity (Wildman–Crippen MR) is 69.9 cm³/mol. The van der Waals surface area contributed by atoms with E-state index in [1.54, 1.807) is 13.0 Å². The molecule has 1 aromatic heterocycles. The largest absolute Gasteiger partial charge is 0.280 e. The smallest absolute Gasteiger partial charge is 0.266 e. The molecule has 0 saturated carbocycles. The van der Waals surface area contributed by atoms with Crippen molar-refractivity contribution in [3.63, 3.8) is 0 Å². The van der Waals surface area contributed by atoms with Crippen molar-refractivity contribution in [2.24, 2.45) is 0 Å². The summed E-state index contributed by atoms with van der Waals surface area (Å²) in [5.41, 5.74) is 1.46. The van der Waals surface area contributed by atoms with Gasteiger partial charge in [-0.25, -0.2) is 12.8 Å². The van der Waals surface area contributed by atoms with Gasteiger partial charge in [0, 0.05) is 11.8 Å². The summed E-state index contributed by atoms with van der Waals surface area (Å²) in [6.45, 7) is 3.61. The van der Waals surface area contributed by atoms with E-state index in [9.17, 15) is 12.8 Å². The number of hydrogen-bond acceptors (Lipinski definition) is 3. The van der Waals surface area contributed by atoms with Gasteiger partial charge in [-0.3, -0.25) is 9.82 Å². The van der Waals surface area contributed by atoms with E-state index < -0.39 is 15.8 Å². The van der Waals surface area contributed by atoms with Crippen LogP contribution in [0, 0.1) is 12.7 Å². The average Bonchev–Trinajstić information content (AvgIpc) is 2.79. The van der Waals surface area contributed by atoms with Gasteiger partial charge in [-0.15, -0.1) is 0 Å². The van der Waals surface area contributed by atoms with Crippen LogP contribution < -0.4 is 4.72 Å². The fourth-order valence-electron chi connectivity index (χ4n) is 1.60. The molecule has 2 aromatic rings. The number of nitrogens with zero attached hydrogens (tertiary/aromatic N) is 1. The van der Waals surface area contributed by atoms with E-state index in [0.29, 0.717) is 12.0 Å². The number of aromatic amines is 1. The number of H-pyrrole nitrogens is 1. The number of benzene rings is 1. The molecule has 0 saturated heterocycles. The Balaban J connectivity index is 2.34. The van der Waals surface area contributed by atoms with Gasteiger partial charge in [0.15, 0.2) is 5.82 Å². The molecule has 19 heavy (non-hydrogen) atoms. The topological polar surface area (TPSA) is 74.8 Å². The minimum absolute atomic E-state index is 0.151. The highest BCUT2D eigenvalue weighted by atomic mass is 32.2. The molecule has 0 fully saturated rings. The molecular weight excluding hydrogens is 269 g/mol. The van der Waals surface area contributed by atoms with Gasteiger partial charge >= 0.3 is 0 Å². The molecule has 0 atom stereocenters. The van der Waals surface area contributed by atoms with E-state index in [-0.39, 0.29) is 10.7 Å². The zero-order valence-corrected chi connectivity index (χ0v) is 11.4. The molecule has 7 heteroatoms. The predicted octanol–water partition coefficient (Wildman–Crippen LogP) is 2.22. The Hall–Kier alpha value is -1.89. The lowest BCUT2D eigenvalue weighted by Gasteiger charge is -2.07. The number of nitrogens with one attached hydrogen (secondary N) is 2. The molecule has 0 unspecified atom stereocenters. The normalized spacial score (nSPS) is 11.5. The van der Waals surface area contributed by atoms with Gasteiger partial charge in [-0.05, 0) is 31.0 Å². The molecule has 0 bridgehead atoms. The number of sulfonamides is 1. The first-order valence-corrected chi connectivity index (χ1v) is 7.24. The zero-order valence-electron chi connectivity index (χ0n) is 10.6. The van der Waals surface area contributed by atoms with Crippen molar-refractivity contribution < 1.29 is 12.8 Å². The summed E-state index contributed by atoms with van der Waals surface area (Å²) >= 11 is 0. The SMILES string of the molecule is CCc1cc(NS(=O)(=O)c2cc(C)ccc2F)n[nH]1. The van der Waals surface area contributed by atoms with Gasteiger partial charge in [0.05, 0.1) is 0 Å². The first-order valence-electron chi connectivity index (χ1n) is 5.75. The van der Waals surface area contributed by atoms with E-state index in [2.05, 4.69) is 14.9 Å². The van der Waals surface area contributed by atoms with E-state index in [1.807, 2.05) is 6.92 Å². The molecule has 0 aliphatic carbocycles. The molecule has 102 valence electrons. The van der Waals surface area contributed by atoms with Gasteiger partial charge in [-0.2, -0.15) is 5.10 Å². The Labute approximate surface area is 110 Å². The molecule has 2 N–H and O–H groups in total. The van der Waals surface area contributed by atoms with Crippen LogP contribution in [0.4, 0.5) is 10.2 Å². The van der Waals surface area contributed by atoms with E-state index >= 15 is 0 Å². The Kier molecular flexibility index (Phi) is 3.57. The van der Waals surface area contributed by atoms with Crippen molar-refractivity contribution >= 4 is 15.8 Å². The summed E-state index contributed by atoms with van der Waals surface area (Å²) in [4.78, 5) is -0.381. The summed E-state index contributed by atoms with van der Waals surface area (Å²) in [5, 5.41) is 6.50. The summed E-state index contributed by atoms with van der Waals surface area (Å²) in [5.74, 6) is -0.637. The maximum atomic E-state index is 13.6. The maximum Gasteiger partial charge on any atom is 0.266 e. The van der Waals surface area contributed by atoms with Crippen LogP contribution in [-0.4, -0.2) is 18.6 Å². The number of aryl methyl sites for hydroxylation is 2. The molecule has 0 aliphatic rings.